The molecule has 0 spiro atoms. The average Bonchev–Trinajstić information content (AvgIpc) is 2.86. The molecule has 0 radical (unpaired) electrons. The number of benzene rings is 1. The van der Waals surface area contributed by atoms with Gasteiger partial charge in [-0.2, -0.15) is 5.10 Å². The summed E-state index contributed by atoms with van der Waals surface area (Å²) >= 11 is 7.13. The van der Waals surface area contributed by atoms with Crippen LogP contribution in [0.1, 0.15) is 32.6 Å². The van der Waals surface area contributed by atoms with Crippen molar-refractivity contribution in [3.63, 3.8) is 0 Å². The van der Waals surface area contributed by atoms with Gasteiger partial charge in [0.2, 0.25) is 5.88 Å². The summed E-state index contributed by atoms with van der Waals surface area (Å²) in [5, 5.41) is 15.2. The summed E-state index contributed by atoms with van der Waals surface area (Å²) in [7, 11) is 0. The van der Waals surface area contributed by atoms with Crippen LogP contribution < -0.4 is 5.43 Å². The third-order valence-corrected chi connectivity index (χ3v) is 4.20. The molecule has 0 bridgehead atoms. The summed E-state index contributed by atoms with van der Waals surface area (Å²) in [5.74, 6) is -0.141. The Labute approximate surface area is 149 Å². The largest absolute Gasteiger partial charge is 0.492 e. The summed E-state index contributed by atoms with van der Waals surface area (Å²) in [4.78, 5) is 16.2. The smallest absolute Gasteiger partial charge is 0.428 e. The van der Waals surface area contributed by atoms with Crippen LogP contribution in [-0.2, 0) is 4.74 Å². The van der Waals surface area contributed by atoms with E-state index in [-0.39, 0.29) is 5.88 Å². The van der Waals surface area contributed by atoms with Gasteiger partial charge in [-0.05, 0) is 39.8 Å². The first-order valence-electron chi connectivity index (χ1n) is 7.15. The van der Waals surface area contributed by atoms with E-state index < -0.39 is 11.7 Å². The predicted octanol–water partition coefficient (Wildman–Crippen LogP) is 4.42. The van der Waals surface area contributed by atoms with E-state index >= 15 is 0 Å². The monoisotopic (exact) mass is 367 g/mol. The number of aromatic hydroxyl groups is 1. The minimum atomic E-state index is -0.663. The van der Waals surface area contributed by atoms with E-state index in [2.05, 4.69) is 15.5 Å². The van der Waals surface area contributed by atoms with Gasteiger partial charge in [-0.25, -0.2) is 15.2 Å². The second-order valence-electron chi connectivity index (χ2n) is 5.99. The van der Waals surface area contributed by atoms with Gasteiger partial charge >= 0.3 is 6.09 Å². The molecule has 8 heteroatoms. The number of hydrogen-bond donors (Lipinski definition) is 2. The van der Waals surface area contributed by atoms with Crippen molar-refractivity contribution in [1.29, 1.82) is 0 Å². The fourth-order valence-corrected chi connectivity index (χ4v) is 2.78. The van der Waals surface area contributed by atoms with E-state index in [9.17, 15) is 9.90 Å². The molecule has 2 N–H and O–H groups in total. The van der Waals surface area contributed by atoms with Crippen LogP contribution >= 0.6 is 22.9 Å². The highest BCUT2D eigenvalue weighted by Crippen LogP contribution is 2.32. The van der Waals surface area contributed by atoms with Crippen molar-refractivity contribution in [1.82, 2.24) is 10.4 Å². The Balaban J connectivity index is 2.15. The third-order valence-electron chi connectivity index (χ3n) is 2.74. The molecule has 128 valence electrons. The van der Waals surface area contributed by atoms with E-state index in [1.807, 2.05) is 12.1 Å². The molecule has 2 aromatic rings. The van der Waals surface area contributed by atoms with Crippen molar-refractivity contribution in [3.05, 3.63) is 34.2 Å². The van der Waals surface area contributed by atoms with Crippen molar-refractivity contribution in [2.24, 2.45) is 5.10 Å². The zero-order valence-corrected chi connectivity index (χ0v) is 15.3. The first-order valence-corrected chi connectivity index (χ1v) is 8.34. The van der Waals surface area contributed by atoms with Crippen LogP contribution in [0.25, 0.3) is 10.6 Å². The van der Waals surface area contributed by atoms with Crippen LogP contribution in [0.3, 0.4) is 0 Å². The van der Waals surface area contributed by atoms with Crippen LogP contribution in [0, 0.1) is 0 Å². The number of aromatic nitrogens is 1. The third kappa shape index (κ3) is 4.94. The minimum Gasteiger partial charge on any atom is -0.492 e. The van der Waals surface area contributed by atoms with Crippen molar-refractivity contribution < 1.29 is 14.6 Å². The number of rotatable bonds is 3. The SMILES string of the molecule is C/C(=N\NC(=O)OC(C)(C)C)c1sc(-c2ccc(Cl)cc2)nc1O. The molecule has 24 heavy (non-hydrogen) atoms. The molecule has 1 heterocycles. The Bertz CT molecular complexity index is 764. The molecule has 6 nitrogen and oxygen atoms in total. The van der Waals surface area contributed by atoms with Crippen molar-refractivity contribution in [2.45, 2.75) is 33.3 Å². The van der Waals surface area contributed by atoms with E-state index in [0.717, 1.165) is 5.56 Å². The Morgan fingerprint density at radius 3 is 2.54 bits per heavy atom. The number of nitrogens with one attached hydrogen (secondary N) is 1. The highest BCUT2D eigenvalue weighted by atomic mass is 35.5. The molecule has 0 aliphatic heterocycles. The quantitative estimate of drug-likeness (QED) is 0.621. The molecule has 0 aliphatic carbocycles. The summed E-state index contributed by atoms with van der Waals surface area (Å²) in [5.41, 5.74) is 2.95. The number of nitrogens with zero attached hydrogens (tertiary/aromatic N) is 2. The molecular formula is C16H18ClN3O3S. The normalized spacial score (nSPS) is 12.1. The fraction of sp³-hybridized carbons (Fsp3) is 0.312. The Morgan fingerprint density at radius 2 is 1.96 bits per heavy atom. The number of carbonyl (C=O) groups is 1. The van der Waals surface area contributed by atoms with Gasteiger partial charge in [-0.15, -0.1) is 11.3 Å². The molecule has 1 amide bonds. The van der Waals surface area contributed by atoms with Crippen LogP contribution in [-0.4, -0.2) is 27.5 Å². The highest BCUT2D eigenvalue weighted by molar-refractivity contribution is 7.17. The zero-order chi connectivity index (χ0) is 17.9. The van der Waals surface area contributed by atoms with E-state index in [1.165, 1.54) is 11.3 Å². The topological polar surface area (TPSA) is 83.8 Å². The first kappa shape index (κ1) is 18.2. The molecular weight excluding hydrogens is 350 g/mol. The van der Waals surface area contributed by atoms with Crippen LogP contribution in [0.4, 0.5) is 4.79 Å². The zero-order valence-electron chi connectivity index (χ0n) is 13.8. The number of thiazole rings is 1. The standard InChI is InChI=1S/C16H18ClN3O3S/c1-9(19-20-15(22)23-16(2,3)4)12-13(21)18-14(24-12)10-5-7-11(17)8-6-10/h5-8,21H,1-4H3,(H,20,22)/b19-9+. The van der Waals surface area contributed by atoms with Gasteiger partial charge in [0.1, 0.15) is 15.5 Å². The number of carbonyl (C=O) groups excluding carboxylic acids is 1. The molecule has 0 aliphatic rings. The summed E-state index contributed by atoms with van der Waals surface area (Å²) in [6.45, 7) is 6.94. The van der Waals surface area contributed by atoms with Gasteiger partial charge in [0.25, 0.3) is 0 Å². The maximum atomic E-state index is 11.6. The maximum Gasteiger partial charge on any atom is 0.428 e. The van der Waals surface area contributed by atoms with E-state index in [0.29, 0.717) is 20.6 Å². The molecule has 1 aromatic heterocycles. The van der Waals surface area contributed by atoms with Gasteiger partial charge in [0, 0.05) is 10.6 Å². The van der Waals surface area contributed by atoms with Gasteiger partial charge < -0.3 is 9.84 Å². The molecule has 0 unspecified atom stereocenters. The highest BCUT2D eigenvalue weighted by Gasteiger charge is 2.17. The van der Waals surface area contributed by atoms with Crippen LogP contribution in [0.2, 0.25) is 5.02 Å². The second kappa shape index (κ2) is 7.19. The number of ether oxygens (including phenoxy) is 1. The summed E-state index contributed by atoms with van der Waals surface area (Å²) in [6, 6.07) is 7.13. The molecule has 2 rings (SSSR count). The fourth-order valence-electron chi connectivity index (χ4n) is 1.74. The lowest BCUT2D eigenvalue weighted by molar-refractivity contribution is 0.0529. The van der Waals surface area contributed by atoms with E-state index in [1.54, 1.807) is 39.8 Å². The molecule has 0 saturated heterocycles. The van der Waals surface area contributed by atoms with E-state index in [4.69, 9.17) is 16.3 Å². The Morgan fingerprint density at radius 1 is 1.33 bits per heavy atom. The van der Waals surface area contributed by atoms with Gasteiger partial charge in [-0.1, -0.05) is 23.7 Å². The van der Waals surface area contributed by atoms with Crippen LogP contribution in [0.15, 0.2) is 29.4 Å². The van der Waals surface area contributed by atoms with Crippen molar-refractivity contribution >= 4 is 34.7 Å². The lowest BCUT2D eigenvalue weighted by Gasteiger charge is -2.18. The molecule has 1 aromatic carbocycles. The summed E-state index contributed by atoms with van der Waals surface area (Å²) in [6.07, 6.45) is -0.663. The number of hydrazone groups is 1. The average molecular weight is 368 g/mol. The maximum absolute atomic E-state index is 11.6. The first-order chi connectivity index (χ1) is 11.2. The second-order valence-corrected chi connectivity index (χ2v) is 7.43. The molecule has 0 atom stereocenters. The number of amides is 1. The van der Waals surface area contributed by atoms with Crippen molar-refractivity contribution in [2.75, 3.05) is 0 Å². The van der Waals surface area contributed by atoms with Gasteiger partial charge in [0.15, 0.2) is 0 Å². The minimum absolute atomic E-state index is 0.141. The Hall–Kier alpha value is -2.12. The van der Waals surface area contributed by atoms with Crippen LogP contribution in [0.5, 0.6) is 5.88 Å². The number of halogens is 1. The molecule has 0 saturated carbocycles. The number of hydrogen-bond acceptors (Lipinski definition) is 6. The lowest BCUT2D eigenvalue weighted by atomic mass is 10.2. The Kier molecular flexibility index (Phi) is 5.46. The predicted molar refractivity (Wildman–Crippen MR) is 95.8 cm³/mol. The summed E-state index contributed by atoms with van der Waals surface area (Å²) < 4.78 is 5.10. The van der Waals surface area contributed by atoms with Crippen molar-refractivity contribution in [3.8, 4) is 16.5 Å². The van der Waals surface area contributed by atoms with Gasteiger partial charge in [-0.3, -0.25) is 0 Å². The lowest BCUT2D eigenvalue weighted by Crippen LogP contribution is -2.30. The van der Waals surface area contributed by atoms with Gasteiger partial charge in [0.05, 0.1) is 5.71 Å². The molecule has 0 fully saturated rings.